The van der Waals surface area contributed by atoms with E-state index in [1.54, 1.807) is 49.7 Å². The van der Waals surface area contributed by atoms with Gasteiger partial charge in [-0.2, -0.15) is 0 Å². The summed E-state index contributed by atoms with van der Waals surface area (Å²) in [5.41, 5.74) is 1.23. The number of hydrogen-bond acceptors (Lipinski definition) is 4. The zero-order chi connectivity index (χ0) is 22.5. The Morgan fingerprint density at radius 1 is 1.16 bits per heavy atom. The van der Waals surface area contributed by atoms with Crippen LogP contribution in [0.5, 0.6) is 5.75 Å². The van der Waals surface area contributed by atoms with Gasteiger partial charge < -0.3 is 19.0 Å². The SMILES string of the molecule is COc1ccc(C(NC(=O)/C=C/c2ccc(-c3ccccc3F)o2)c2nccn2C)cc1. The van der Waals surface area contributed by atoms with Crippen molar-refractivity contribution in [2.24, 2.45) is 7.05 Å². The van der Waals surface area contributed by atoms with Gasteiger partial charge in [-0.1, -0.05) is 24.3 Å². The van der Waals surface area contributed by atoms with E-state index in [1.165, 1.54) is 12.1 Å². The highest BCUT2D eigenvalue weighted by molar-refractivity contribution is 5.92. The Kier molecular flexibility index (Phi) is 6.17. The van der Waals surface area contributed by atoms with Crippen LogP contribution in [0.4, 0.5) is 4.39 Å². The number of rotatable bonds is 7. The molecule has 4 rings (SSSR count). The number of nitrogens with one attached hydrogen (secondary N) is 1. The van der Waals surface area contributed by atoms with Crippen LogP contribution in [-0.4, -0.2) is 22.6 Å². The molecule has 7 heteroatoms. The average molecular weight is 431 g/mol. The fourth-order valence-electron chi connectivity index (χ4n) is 3.35. The van der Waals surface area contributed by atoms with Gasteiger partial charge in [0.2, 0.25) is 5.91 Å². The third-order valence-electron chi connectivity index (χ3n) is 5.02. The van der Waals surface area contributed by atoms with E-state index >= 15 is 0 Å². The molecule has 1 unspecified atom stereocenters. The van der Waals surface area contributed by atoms with Gasteiger partial charge >= 0.3 is 0 Å². The molecule has 2 aromatic carbocycles. The number of hydrogen-bond donors (Lipinski definition) is 1. The van der Waals surface area contributed by atoms with Gasteiger partial charge in [-0.05, 0) is 48.0 Å². The van der Waals surface area contributed by atoms with E-state index in [9.17, 15) is 9.18 Å². The smallest absolute Gasteiger partial charge is 0.244 e. The quantitative estimate of drug-likeness (QED) is 0.429. The first-order chi connectivity index (χ1) is 15.5. The van der Waals surface area contributed by atoms with E-state index in [4.69, 9.17) is 9.15 Å². The van der Waals surface area contributed by atoms with Crippen molar-refractivity contribution in [3.05, 3.63) is 102 Å². The second kappa shape index (κ2) is 9.34. The van der Waals surface area contributed by atoms with Gasteiger partial charge in [-0.25, -0.2) is 9.37 Å². The lowest BCUT2D eigenvalue weighted by molar-refractivity contribution is -0.117. The number of carbonyl (C=O) groups is 1. The maximum absolute atomic E-state index is 14.0. The fourth-order valence-corrected chi connectivity index (χ4v) is 3.35. The number of benzene rings is 2. The number of aryl methyl sites for hydroxylation is 1. The largest absolute Gasteiger partial charge is 0.497 e. The molecule has 162 valence electrons. The molecule has 6 nitrogen and oxygen atoms in total. The average Bonchev–Trinajstić information content (AvgIpc) is 3.45. The van der Waals surface area contributed by atoms with E-state index in [-0.39, 0.29) is 11.7 Å². The third kappa shape index (κ3) is 4.62. The van der Waals surface area contributed by atoms with Gasteiger partial charge in [0, 0.05) is 25.5 Å². The first kappa shape index (κ1) is 21.1. The molecule has 0 saturated heterocycles. The Balaban J connectivity index is 1.52. The number of furan rings is 1. The molecule has 2 heterocycles. The van der Waals surface area contributed by atoms with Gasteiger partial charge in [0.25, 0.3) is 0 Å². The molecule has 0 aliphatic rings. The summed E-state index contributed by atoms with van der Waals surface area (Å²) < 4.78 is 26.7. The van der Waals surface area contributed by atoms with Crippen molar-refractivity contribution in [3.8, 4) is 17.1 Å². The molecule has 0 aliphatic heterocycles. The van der Waals surface area contributed by atoms with E-state index in [0.717, 1.165) is 11.3 Å². The van der Waals surface area contributed by atoms with Crippen molar-refractivity contribution in [1.29, 1.82) is 0 Å². The monoisotopic (exact) mass is 431 g/mol. The van der Waals surface area contributed by atoms with Gasteiger partial charge in [0.15, 0.2) is 0 Å². The number of nitrogens with zero attached hydrogens (tertiary/aromatic N) is 2. The summed E-state index contributed by atoms with van der Waals surface area (Å²) >= 11 is 0. The summed E-state index contributed by atoms with van der Waals surface area (Å²) in [5, 5.41) is 2.98. The summed E-state index contributed by atoms with van der Waals surface area (Å²) in [5.74, 6) is 1.56. The molecule has 0 fully saturated rings. The highest BCUT2D eigenvalue weighted by atomic mass is 19.1. The zero-order valence-electron chi connectivity index (χ0n) is 17.7. The normalized spacial score (nSPS) is 12.1. The third-order valence-corrected chi connectivity index (χ3v) is 5.02. The number of methoxy groups -OCH3 is 1. The molecule has 2 aromatic heterocycles. The molecular weight excluding hydrogens is 409 g/mol. The minimum atomic E-state index is -0.455. The molecule has 1 amide bonds. The van der Waals surface area contributed by atoms with Crippen molar-refractivity contribution < 1.29 is 18.3 Å². The summed E-state index contributed by atoms with van der Waals surface area (Å²) in [6, 6.07) is 16.7. The van der Waals surface area contributed by atoms with Crippen LogP contribution in [0.1, 0.15) is 23.2 Å². The van der Waals surface area contributed by atoms with Gasteiger partial charge in [0.05, 0.1) is 12.7 Å². The molecule has 4 aromatic rings. The van der Waals surface area contributed by atoms with Crippen LogP contribution in [0.15, 0.2) is 83.6 Å². The Morgan fingerprint density at radius 3 is 2.62 bits per heavy atom. The van der Waals surface area contributed by atoms with E-state index < -0.39 is 6.04 Å². The van der Waals surface area contributed by atoms with Gasteiger partial charge in [0.1, 0.15) is 35.0 Å². The maximum Gasteiger partial charge on any atom is 0.244 e. The first-order valence-electron chi connectivity index (χ1n) is 9.99. The minimum absolute atomic E-state index is 0.322. The summed E-state index contributed by atoms with van der Waals surface area (Å²) in [6.07, 6.45) is 6.43. The summed E-state index contributed by atoms with van der Waals surface area (Å²) in [7, 11) is 3.47. The molecular formula is C25H22FN3O3. The second-order valence-corrected chi connectivity index (χ2v) is 7.13. The van der Waals surface area contributed by atoms with Crippen LogP contribution < -0.4 is 10.1 Å². The number of carbonyl (C=O) groups excluding carboxylic acids is 1. The van der Waals surface area contributed by atoms with Crippen LogP contribution in [0, 0.1) is 5.82 Å². The lowest BCUT2D eigenvalue weighted by Gasteiger charge is -2.18. The number of ether oxygens (including phenoxy) is 1. The highest BCUT2D eigenvalue weighted by Gasteiger charge is 2.20. The lowest BCUT2D eigenvalue weighted by atomic mass is 10.1. The van der Waals surface area contributed by atoms with Crippen LogP contribution >= 0.6 is 0 Å². The van der Waals surface area contributed by atoms with Crippen molar-refractivity contribution in [2.45, 2.75) is 6.04 Å². The fraction of sp³-hybridized carbons (Fsp3) is 0.120. The molecule has 32 heavy (non-hydrogen) atoms. The second-order valence-electron chi connectivity index (χ2n) is 7.13. The number of aromatic nitrogens is 2. The molecule has 0 radical (unpaired) electrons. The zero-order valence-corrected chi connectivity index (χ0v) is 17.7. The molecule has 1 atom stereocenters. The van der Waals surface area contributed by atoms with E-state index in [2.05, 4.69) is 10.3 Å². The molecule has 0 aliphatic carbocycles. The van der Waals surface area contributed by atoms with E-state index in [0.29, 0.717) is 22.9 Å². The van der Waals surface area contributed by atoms with E-state index in [1.807, 2.05) is 42.1 Å². The van der Waals surface area contributed by atoms with Crippen LogP contribution in [0.3, 0.4) is 0 Å². The first-order valence-corrected chi connectivity index (χ1v) is 9.99. The summed E-state index contributed by atoms with van der Waals surface area (Å²) in [4.78, 5) is 17.1. The van der Waals surface area contributed by atoms with Crippen molar-refractivity contribution in [2.75, 3.05) is 7.11 Å². The number of imidazole rings is 1. The Bertz CT molecular complexity index is 1240. The van der Waals surface area contributed by atoms with Gasteiger partial charge in [-0.15, -0.1) is 0 Å². The van der Waals surface area contributed by atoms with Crippen molar-refractivity contribution in [3.63, 3.8) is 0 Å². The van der Waals surface area contributed by atoms with Crippen molar-refractivity contribution in [1.82, 2.24) is 14.9 Å². The predicted molar refractivity (Wildman–Crippen MR) is 119 cm³/mol. The molecule has 0 saturated carbocycles. The van der Waals surface area contributed by atoms with Crippen LogP contribution in [0.2, 0.25) is 0 Å². The highest BCUT2D eigenvalue weighted by Crippen LogP contribution is 2.26. The standard InChI is InChI=1S/C25H22FN3O3/c1-29-16-15-27-25(29)24(17-7-9-18(31-2)10-8-17)28-23(30)14-12-19-11-13-22(32-19)20-5-3-4-6-21(20)26/h3-16,24H,1-2H3,(H,28,30)/b14-12+. The number of halogens is 1. The van der Waals surface area contributed by atoms with Crippen LogP contribution in [-0.2, 0) is 11.8 Å². The van der Waals surface area contributed by atoms with Crippen molar-refractivity contribution >= 4 is 12.0 Å². The molecule has 0 spiro atoms. The topological polar surface area (TPSA) is 69.3 Å². The summed E-state index contributed by atoms with van der Waals surface area (Å²) in [6.45, 7) is 0. The minimum Gasteiger partial charge on any atom is -0.497 e. The van der Waals surface area contributed by atoms with Gasteiger partial charge in [-0.3, -0.25) is 4.79 Å². The predicted octanol–water partition coefficient (Wildman–Crippen LogP) is 4.75. The van der Waals surface area contributed by atoms with Crippen LogP contribution in [0.25, 0.3) is 17.4 Å². The number of amides is 1. The Hall–Kier alpha value is -4.13. The molecule has 1 N–H and O–H groups in total. The lowest BCUT2D eigenvalue weighted by Crippen LogP contribution is -2.29. The molecule has 0 bridgehead atoms. The maximum atomic E-state index is 14.0. The Labute approximate surface area is 185 Å². The Morgan fingerprint density at radius 2 is 1.94 bits per heavy atom.